The van der Waals surface area contributed by atoms with Gasteiger partial charge in [-0.3, -0.25) is 0 Å². The van der Waals surface area contributed by atoms with Crippen LogP contribution in [0.4, 0.5) is 10.3 Å². The minimum absolute atomic E-state index is 0.314. The van der Waals surface area contributed by atoms with Gasteiger partial charge in [-0.25, -0.2) is 19.3 Å². The minimum Gasteiger partial charge on any atom is -0.369 e. The van der Waals surface area contributed by atoms with E-state index < -0.39 is 0 Å². The molecule has 90 valence electrons. The summed E-state index contributed by atoms with van der Waals surface area (Å²) in [6, 6.07) is 6.17. The number of fused-ring (bicyclic) bond motifs is 1. The average Bonchev–Trinajstić information content (AvgIpc) is 2.67. The molecule has 0 unspecified atom stereocenters. The molecule has 3 aromatic rings. The second kappa shape index (κ2) is 4.06. The molecular formula is C12H10FN5. The van der Waals surface area contributed by atoms with E-state index in [0.29, 0.717) is 23.5 Å². The number of imidazole rings is 1. The van der Waals surface area contributed by atoms with E-state index in [2.05, 4.69) is 15.0 Å². The third-order valence-electron chi connectivity index (χ3n) is 2.70. The number of hydrogen-bond donors (Lipinski definition) is 1. The third-order valence-corrected chi connectivity index (χ3v) is 2.70. The first-order valence-corrected chi connectivity index (χ1v) is 5.40. The number of aromatic nitrogens is 4. The standard InChI is InChI=1S/C12H10FN5/c13-8-1-2-10-11(5-8)18(12(14)17-10)6-9-3-4-15-7-16-9/h1-5,7H,6H2,(H2,14,17). The van der Waals surface area contributed by atoms with Crippen LogP contribution in [0.3, 0.4) is 0 Å². The molecule has 0 aliphatic heterocycles. The molecule has 2 aromatic heterocycles. The van der Waals surface area contributed by atoms with Crippen LogP contribution in [0.15, 0.2) is 36.8 Å². The van der Waals surface area contributed by atoms with E-state index in [-0.39, 0.29) is 5.82 Å². The number of hydrogen-bond acceptors (Lipinski definition) is 4. The van der Waals surface area contributed by atoms with Crippen LogP contribution in [0.5, 0.6) is 0 Å². The maximum absolute atomic E-state index is 13.3. The van der Waals surface area contributed by atoms with Crippen LogP contribution in [0.1, 0.15) is 5.69 Å². The molecule has 2 heterocycles. The summed E-state index contributed by atoms with van der Waals surface area (Å²) >= 11 is 0. The maximum atomic E-state index is 13.3. The van der Waals surface area contributed by atoms with E-state index in [4.69, 9.17) is 5.73 Å². The maximum Gasteiger partial charge on any atom is 0.201 e. The second-order valence-electron chi connectivity index (χ2n) is 3.89. The second-order valence-corrected chi connectivity index (χ2v) is 3.89. The summed E-state index contributed by atoms with van der Waals surface area (Å²) in [6.45, 7) is 0.439. The zero-order valence-electron chi connectivity index (χ0n) is 9.42. The number of halogens is 1. The van der Waals surface area contributed by atoms with Crippen molar-refractivity contribution in [2.75, 3.05) is 5.73 Å². The number of nitrogen functional groups attached to an aromatic ring is 1. The highest BCUT2D eigenvalue weighted by molar-refractivity contribution is 5.78. The zero-order valence-corrected chi connectivity index (χ0v) is 9.42. The van der Waals surface area contributed by atoms with Gasteiger partial charge in [0.1, 0.15) is 12.1 Å². The van der Waals surface area contributed by atoms with Gasteiger partial charge in [0, 0.05) is 6.20 Å². The molecule has 0 aliphatic rings. The molecule has 0 saturated heterocycles. The van der Waals surface area contributed by atoms with Gasteiger partial charge in [-0.2, -0.15) is 0 Å². The highest BCUT2D eigenvalue weighted by Crippen LogP contribution is 2.19. The van der Waals surface area contributed by atoms with E-state index >= 15 is 0 Å². The summed E-state index contributed by atoms with van der Waals surface area (Å²) in [7, 11) is 0. The SMILES string of the molecule is Nc1nc2ccc(F)cc2n1Cc1ccncn1. The molecular weight excluding hydrogens is 233 g/mol. The van der Waals surface area contributed by atoms with Crippen molar-refractivity contribution in [3.05, 3.63) is 48.3 Å². The predicted octanol–water partition coefficient (Wildman–Crippen LogP) is 1.60. The largest absolute Gasteiger partial charge is 0.369 e. The molecule has 0 fully saturated rings. The first-order chi connectivity index (χ1) is 8.74. The molecule has 18 heavy (non-hydrogen) atoms. The van der Waals surface area contributed by atoms with Gasteiger partial charge in [-0.1, -0.05) is 0 Å². The van der Waals surface area contributed by atoms with Crippen molar-refractivity contribution in [2.24, 2.45) is 0 Å². The number of nitrogens with zero attached hydrogens (tertiary/aromatic N) is 4. The third kappa shape index (κ3) is 1.77. The number of benzene rings is 1. The highest BCUT2D eigenvalue weighted by Gasteiger charge is 2.09. The molecule has 0 aliphatic carbocycles. The van der Waals surface area contributed by atoms with Gasteiger partial charge in [0.15, 0.2) is 0 Å². The van der Waals surface area contributed by atoms with E-state index in [0.717, 1.165) is 5.69 Å². The molecule has 0 radical (unpaired) electrons. The van der Waals surface area contributed by atoms with Gasteiger partial charge in [-0.15, -0.1) is 0 Å². The Bertz CT molecular complexity index is 692. The first-order valence-electron chi connectivity index (χ1n) is 5.40. The molecule has 0 saturated carbocycles. The van der Waals surface area contributed by atoms with Gasteiger partial charge >= 0.3 is 0 Å². The van der Waals surface area contributed by atoms with Crippen molar-refractivity contribution in [1.29, 1.82) is 0 Å². The molecule has 0 spiro atoms. The Hall–Kier alpha value is -2.50. The van der Waals surface area contributed by atoms with Crippen molar-refractivity contribution >= 4 is 17.0 Å². The lowest BCUT2D eigenvalue weighted by Crippen LogP contribution is -2.06. The van der Waals surface area contributed by atoms with Gasteiger partial charge < -0.3 is 10.3 Å². The lowest BCUT2D eigenvalue weighted by molar-refractivity contribution is 0.628. The zero-order chi connectivity index (χ0) is 12.5. The van der Waals surface area contributed by atoms with Crippen LogP contribution in [-0.4, -0.2) is 19.5 Å². The van der Waals surface area contributed by atoms with Crippen LogP contribution in [-0.2, 0) is 6.54 Å². The van der Waals surface area contributed by atoms with Crippen LogP contribution in [0.2, 0.25) is 0 Å². The lowest BCUT2D eigenvalue weighted by atomic mass is 10.3. The Kier molecular flexibility index (Phi) is 2.40. The van der Waals surface area contributed by atoms with Crippen LogP contribution in [0.25, 0.3) is 11.0 Å². The Morgan fingerprint density at radius 3 is 2.94 bits per heavy atom. The molecule has 3 rings (SSSR count). The van der Waals surface area contributed by atoms with Gasteiger partial charge in [-0.05, 0) is 24.3 Å². The van der Waals surface area contributed by atoms with Crippen LogP contribution in [0, 0.1) is 5.82 Å². The summed E-state index contributed by atoms with van der Waals surface area (Å²) < 4.78 is 15.0. The summed E-state index contributed by atoms with van der Waals surface area (Å²) in [6.07, 6.45) is 3.11. The summed E-state index contributed by atoms with van der Waals surface area (Å²) in [5.74, 6) is 0.0283. The fourth-order valence-corrected chi connectivity index (χ4v) is 1.85. The van der Waals surface area contributed by atoms with Crippen molar-refractivity contribution < 1.29 is 4.39 Å². The molecule has 0 bridgehead atoms. The number of nitrogens with two attached hydrogens (primary N) is 1. The molecule has 1 aromatic carbocycles. The van der Waals surface area contributed by atoms with E-state index in [1.165, 1.54) is 18.5 Å². The van der Waals surface area contributed by atoms with E-state index in [9.17, 15) is 4.39 Å². The molecule has 2 N–H and O–H groups in total. The van der Waals surface area contributed by atoms with E-state index in [1.54, 1.807) is 22.9 Å². The fraction of sp³-hybridized carbons (Fsp3) is 0.0833. The van der Waals surface area contributed by atoms with Crippen molar-refractivity contribution in [1.82, 2.24) is 19.5 Å². The predicted molar refractivity (Wildman–Crippen MR) is 65.2 cm³/mol. The molecule has 5 nitrogen and oxygen atoms in total. The summed E-state index contributed by atoms with van der Waals surface area (Å²) in [5.41, 5.74) is 7.96. The van der Waals surface area contributed by atoms with E-state index in [1.807, 2.05) is 0 Å². The molecule has 0 atom stereocenters. The van der Waals surface area contributed by atoms with Gasteiger partial charge in [0.2, 0.25) is 5.95 Å². The first kappa shape index (κ1) is 10.6. The van der Waals surface area contributed by atoms with Crippen LogP contribution < -0.4 is 5.73 Å². The normalized spacial score (nSPS) is 10.9. The van der Waals surface area contributed by atoms with Crippen molar-refractivity contribution in [3.63, 3.8) is 0 Å². The van der Waals surface area contributed by atoms with Gasteiger partial charge in [0.05, 0.1) is 23.3 Å². The topological polar surface area (TPSA) is 69.6 Å². The Labute approximate surface area is 102 Å². The summed E-state index contributed by atoms with van der Waals surface area (Å²) in [5, 5.41) is 0. The van der Waals surface area contributed by atoms with Crippen molar-refractivity contribution in [2.45, 2.75) is 6.54 Å². The van der Waals surface area contributed by atoms with Crippen LogP contribution >= 0.6 is 0 Å². The monoisotopic (exact) mass is 243 g/mol. The highest BCUT2D eigenvalue weighted by atomic mass is 19.1. The van der Waals surface area contributed by atoms with Gasteiger partial charge in [0.25, 0.3) is 0 Å². The Morgan fingerprint density at radius 1 is 1.28 bits per heavy atom. The fourth-order valence-electron chi connectivity index (χ4n) is 1.85. The number of anilines is 1. The molecule has 0 amide bonds. The Balaban J connectivity index is 2.11. The Morgan fingerprint density at radius 2 is 2.17 bits per heavy atom. The quantitative estimate of drug-likeness (QED) is 0.742. The summed E-state index contributed by atoms with van der Waals surface area (Å²) in [4.78, 5) is 12.1. The molecule has 6 heteroatoms. The lowest BCUT2D eigenvalue weighted by Gasteiger charge is -2.05. The minimum atomic E-state index is -0.314. The smallest absolute Gasteiger partial charge is 0.201 e. The average molecular weight is 243 g/mol. The number of rotatable bonds is 2. The van der Waals surface area contributed by atoms with Crippen molar-refractivity contribution in [3.8, 4) is 0 Å².